The van der Waals surface area contributed by atoms with Gasteiger partial charge < -0.3 is 14.6 Å². The molecule has 0 saturated heterocycles. The summed E-state index contributed by atoms with van der Waals surface area (Å²) in [7, 11) is 1.58. The molecule has 0 bridgehead atoms. The fraction of sp³-hybridized carbons (Fsp3) is 0.400. The van der Waals surface area contributed by atoms with Crippen molar-refractivity contribution < 1.29 is 14.6 Å². The van der Waals surface area contributed by atoms with E-state index < -0.39 is 0 Å². The summed E-state index contributed by atoms with van der Waals surface area (Å²) in [6, 6.07) is 5.67. The van der Waals surface area contributed by atoms with Crippen molar-refractivity contribution in [1.29, 1.82) is 0 Å². The zero-order valence-electron chi connectivity index (χ0n) is 8.00. The number of aliphatic hydroxyl groups excluding tert-OH is 1. The summed E-state index contributed by atoms with van der Waals surface area (Å²) in [5.41, 5.74) is 1.89. The van der Waals surface area contributed by atoms with Crippen LogP contribution in [0.15, 0.2) is 22.7 Å². The highest BCUT2D eigenvalue weighted by atomic mass is 79.9. The molecule has 1 aromatic carbocycles. The summed E-state index contributed by atoms with van der Waals surface area (Å²) in [6.45, 7) is 0.794. The first-order chi connectivity index (χ1) is 6.77. The number of halogens is 1. The van der Waals surface area contributed by atoms with Gasteiger partial charge >= 0.3 is 0 Å². The molecule has 0 heterocycles. The van der Waals surface area contributed by atoms with E-state index in [-0.39, 0.29) is 13.4 Å². The predicted octanol–water partition coefficient (Wildman–Crippen LogP) is 2.06. The molecule has 78 valence electrons. The number of hydrogen-bond donors (Lipinski definition) is 1. The molecule has 0 radical (unpaired) electrons. The van der Waals surface area contributed by atoms with Crippen LogP contribution < -0.4 is 0 Å². The number of ether oxygens (including phenoxy) is 2. The normalized spacial score (nSPS) is 10.5. The second-order valence-electron chi connectivity index (χ2n) is 2.84. The standard InChI is InChI=1S/C10H13BrO3/c1-13-7-14-6-9-4-8(5-12)2-3-10(9)11/h2-4,12H,5-7H2,1H3. The van der Waals surface area contributed by atoms with E-state index in [9.17, 15) is 0 Å². The van der Waals surface area contributed by atoms with Crippen LogP contribution in [0.5, 0.6) is 0 Å². The Bertz CT molecular complexity index is 289. The number of methoxy groups -OCH3 is 1. The number of hydrogen-bond acceptors (Lipinski definition) is 3. The van der Waals surface area contributed by atoms with E-state index >= 15 is 0 Å². The summed E-state index contributed by atoms with van der Waals surface area (Å²) < 4.78 is 11.0. The van der Waals surface area contributed by atoms with Gasteiger partial charge in [0.15, 0.2) is 0 Å². The smallest absolute Gasteiger partial charge is 0.146 e. The molecule has 0 aliphatic carbocycles. The largest absolute Gasteiger partial charge is 0.392 e. The molecule has 3 nitrogen and oxygen atoms in total. The van der Waals surface area contributed by atoms with Crippen LogP contribution in [0.3, 0.4) is 0 Å². The monoisotopic (exact) mass is 260 g/mol. The fourth-order valence-corrected chi connectivity index (χ4v) is 1.43. The first-order valence-electron chi connectivity index (χ1n) is 4.22. The Morgan fingerprint density at radius 3 is 2.86 bits per heavy atom. The van der Waals surface area contributed by atoms with Crippen LogP contribution in [-0.2, 0) is 22.7 Å². The van der Waals surface area contributed by atoms with Crippen molar-refractivity contribution in [2.24, 2.45) is 0 Å². The van der Waals surface area contributed by atoms with E-state index in [0.717, 1.165) is 15.6 Å². The minimum absolute atomic E-state index is 0.0462. The minimum atomic E-state index is 0.0462. The van der Waals surface area contributed by atoms with E-state index in [4.69, 9.17) is 14.6 Å². The summed E-state index contributed by atoms with van der Waals surface area (Å²) in [5.74, 6) is 0. The van der Waals surface area contributed by atoms with Gasteiger partial charge in [0, 0.05) is 11.6 Å². The highest BCUT2D eigenvalue weighted by Crippen LogP contribution is 2.19. The lowest BCUT2D eigenvalue weighted by Gasteiger charge is -2.07. The maximum absolute atomic E-state index is 8.94. The molecular formula is C10H13BrO3. The van der Waals surface area contributed by atoms with E-state index in [1.165, 1.54) is 0 Å². The Morgan fingerprint density at radius 2 is 2.21 bits per heavy atom. The van der Waals surface area contributed by atoms with Gasteiger partial charge in [-0.15, -0.1) is 0 Å². The van der Waals surface area contributed by atoms with Gasteiger partial charge in [0.25, 0.3) is 0 Å². The summed E-state index contributed by atoms with van der Waals surface area (Å²) in [5, 5.41) is 8.94. The van der Waals surface area contributed by atoms with E-state index in [0.29, 0.717) is 6.61 Å². The fourth-order valence-electron chi connectivity index (χ4n) is 1.07. The highest BCUT2D eigenvalue weighted by Gasteiger charge is 2.01. The minimum Gasteiger partial charge on any atom is -0.392 e. The molecule has 4 heteroatoms. The van der Waals surface area contributed by atoms with Gasteiger partial charge in [-0.05, 0) is 17.2 Å². The summed E-state index contributed by atoms with van der Waals surface area (Å²) in [4.78, 5) is 0. The molecule has 1 N–H and O–H groups in total. The van der Waals surface area contributed by atoms with Crippen molar-refractivity contribution >= 4 is 15.9 Å². The lowest BCUT2D eigenvalue weighted by Crippen LogP contribution is -1.98. The molecule has 1 aromatic rings. The summed E-state index contributed by atoms with van der Waals surface area (Å²) >= 11 is 3.41. The SMILES string of the molecule is COCOCc1cc(CO)ccc1Br. The zero-order chi connectivity index (χ0) is 10.4. The van der Waals surface area contributed by atoms with Gasteiger partial charge in [0.1, 0.15) is 6.79 Å². The van der Waals surface area contributed by atoms with Crippen molar-refractivity contribution in [3.05, 3.63) is 33.8 Å². The van der Waals surface area contributed by atoms with Crippen LogP contribution in [0.2, 0.25) is 0 Å². The van der Waals surface area contributed by atoms with Crippen LogP contribution >= 0.6 is 15.9 Å². The first-order valence-corrected chi connectivity index (χ1v) is 5.02. The van der Waals surface area contributed by atoms with E-state index in [1.807, 2.05) is 18.2 Å². The second kappa shape index (κ2) is 6.14. The van der Waals surface area contributed by atoms with Crippen molar-refractivity contribution in [2.45, 2.75) is 13.2 Å². The molecule has 0 aliphatic rings. The van der Waals surface area contributed by atoms with Crippen LogP contribution in [-0.4, -0.2) is 19.0 Å². The lowest BCUT2D eigenvalue weighted by molar-refractivity contribution is -0.0392. The molecule has 0 amide bonds. The van der Waals surface area contributed by atoms with Crippen molar-refractivity contribution in [3.8, 4) is 0 Å². The molecule has 0 aromatic heterocycles. The highest BCUT2D eigenvalue weighted by molar-refractivity contribution is 9.10. The third-order valence-corrected chi connectivity index (χ3v) is 2.53. The Kier molecular flexibility index (Phi) is 5.11. The summed E-state index contributed by atoms with van der Waals surface area (Å²) in [6.07, 6.45) is 0. The number of aliphatic hydroxyl groups is 1. The molecule has 1 rings (SSSR count). The lowest BCUT2D eigenvalue weighted by atomic mass is 10.1. The van der Waals surface area contributed by atoms with Crippen LogP contribution in [0.25, 0.3) is 0 Å². The van der Waals surface area contributed by atoms with Crippen LogP contribution in [0.1, 0.15) is 11.1 Å². The van der Waals surface area contributed by atoms with E-state index in [1.54, 1.807) is 7.11 Å². The molecular weight excluding hydrogens is 248 g/mol. The van der Waals surface area contributed by atoms with Crippen molar-refractivity contribution in [2.75, 3.05) is 13.9 Å². The Labute approximate surface area is 91.8 Å². The van der Waals surface area contributed by atoms with Crippen molar-refractivity contribution in [1.82, 2.24) is 0 Å². The van der Waals surface area contributed by atoms with Gasteiger partial charge in [-0.25, -0.2) is 0 Å². The van der Waals surface area contributed by atoms with Gasteiger partial charge in [0.2, 0.25) is 0 Å². The van der Waals surface area contributed by atoms with Gasteiger partial charge in [-0.1, -0.05) is 28.1 Å². The van der Waals surface area contributed by atoms with Gasteiger partial charge in [0.05, 0.1) is 13.2 Å². The third kappa shape index (κ3) is 3.38. The number of rotatable bonds is 5. The average Bonchev–Trinajstić information content (AvgIpc) is 2.21. The topological polar surface area (TPSA) is 38.7 Å². The molecule has 0 spiro atoms. The second-order valence-corrected chi connectivity index (χ2v) is 3.69. The molecule has 0 saturated carbocycles. The average molecular weight is 261 g/mol. The predicted molar refractivity (Wildman–Crippen MR) is 56.7 cm³/mol. The van der Waals surface area contributed by atoms with Crippen LogP contribution in [0.4, 0.5) is 0 Å². The Balaban J connectivity index is 2.64. The molecule has 0 atom stereocenters. The van der Waals surface area contributed by atoms with E-state index in [2.05, 4.69) is 15.9 Å². The Morgan fingerprint density at radius 1 is 1.43 bits per heavy atom. The number of benzene rings is 1. The molecule has 14 heavy (non-hydrogen) atoms. The van der Waals surface area contributed by atoms with Crippen LogP contribution in [0, 0.1) is 0 Å². The first kappa shape index (κ1) is 11.7. The van der Waals surface area contributed by atoms with Gasteiger partial charge in [-0.3, -0.25) is 0 Å². The Hall–Kier alpha value is -0.420. The third-order valence-electron chi connectivity index (χ3n) is 1.75. The van der Waals surface area contributed by atoms with Crippen molar-refractivity contribution in [3.63, 3.8) is 0 Å². The maximum Gasteiger partial charge on any atom is 0.146 e. The zero-order valence-corrected chi connectivity index (χ0v) is 9.58. The van der Waals surface area contributed by atoms with Gasteiger partial charge in [-0.2, -0.15) is 0 Å². The quantitative estimate of drug-likeness (QED) is 0.651. The molecule has 0 unspecified atom stereocenters. The molecule has 0 fully saturated rings. The maximum atomic E-state index is 8.94. The molecule has 0 aliphatic heterocycles.